The molecule has 4 N–H and O–H groups in total. The molecule has 0 aromatic heterocycles. The molecule has 0 radical (unpaired) electrons. The number of hydrogen-bond acceptors (Lipinski definition) is 10. The van der Waals surface area contributed by atoms with Crippen molar-refractivity contribution in [2.45, 2.75) is 82.4 Å². The van der Waals surface area contributed by atoms with Gasteiger partial charge in [-0.2, -0.15) is 0 Å². The van der Waals surface area contributed by atoms with E-state index in [4.69, 9.17) is 34.2 Å². The van der Waals surface area contributed by atoms with Gasteiger partial charge in [0.05, 0.1) is 51.5 Å². The number of carbonyl (C=O) groups is 3. The van der Waals surface area contributed by atoms with E-state index in [2.05, 4.69) is 37.5 Å². The number of hydrogen-bond donors (Lipinski definition) is 3. The highest BCUT2D eigenvalue weighted by Gasteiger charge is 2.72. The molecule has 3 fully saturated rings. The molecule has 2 heterocycles. The molecule has 0 aromatic rings. The Balaban J connectivity index is 1.28. The van der Waals surface area contributed by atoms with Gasteiger partial charge in [0.2, 0.25) is 11.8 Å². The molecule has 12 heteroatoms. The Kier molecular flexibility index (Phi) is 12.3. The molecular formula is C28H47N3O9. The Labute approximate surface area is 236 Å². The van der Waals surface area contributed by atoms with Crippen LogP contribution in [0.2, 0.25) is 0 Å². The second-order valence-corrected chi connectivity index (χ2v) is 11.2. The summed E-state index contributed by atoms with van der Waals surface area (Å²) in [6.07, 6.45) is 4.86. The second kappa shape index (κ2) is 15.2. The van der Waals surface area contributed by atoms with Crippen LogP contribution in [0.3, 0.4) is 0 Å². The smallest absolute Gasteiger partial charge is 0.306 e. The van der Waals surface area contributed by atoms with Crippen LogP contribution < -0.4 is 16.4 Å². The molecule has 6 atom stereocenters. The van der Waals surface area contributed by atoms with Crippen LogP contribution in [0.1, 0.15) is 52.9 Å². The van der Waals surface area contributed by atoms with Crippen molar-refractivity contribution in [2.24, 2.45) is 11.7 Å². The fourth-order valence-corrected chi connectivity index (χ4v) is 5.56. The van der Waals surface area contributed by atoms with Crippen LogP contribution in [0.25, 0.3) is 0 Å². The molecule has 2 amide bonds. The summed E-state index contributed by atoms with van der Waals surface area (Å²) < 4.78 is 35.0. The van der Waals surface area contributed by atoms with Gasteiger partial charge in [-0.05, 0) is 46.5 Å². The number of epoxide rings is 2. The van der Waals surface area contributed by atoms with Crippen molar-refractivity contribution in [3.63, 3.8) is 0 Å². The highest BCUT2D eigenvalue weighted by molar-refractivity contribution is 5.80. The molecular weight excluding hydrogens is 522 g/mol. The SMILES string of the molecule is COC1C(OC(=O)CCCOCCOCCNC(=O)CNCC(N)=O)CC[C@]2(CO2)C1C1(C)O[C@@H]1CC=C(C)C. The van der Waals surface area contributed by atoms with E-state index >= 15 is 0 Å². The molecule has 228 valence electrons. The van der Waals surface area contributed by atoms with Gasteiger partial charge < -0.3 is 39.5 Å². The number of esters is 1. The largest absolute Gasteiger partial charge is 0.460 e. The zero-order chi connectivity index (χ0) is 29.2. The van der Waals surface area contributed by atoms with Gasteiger partial charge in [-0.1, -0.05) is 11.6 Å². The summed E-state index contributed by atoms with van der Waals surface area (Å²) in [6.45, 7) is 8.82. The number of nitrogens with one attached hydrogen (secondary N) is 2. The maximum absolute atomic E-state index is 12.6. The van der Waals surface area contributed by atoms with Crippen LogP contribution in [-0.4, -0.2) is 107 Å². The first kappa shape index (κ1) is 32.4. The van der Waals surface area contributed by atoms with E-state index in [-0.39, 0.29) is 66.8 Å². The number of rotatable bonds is 19. The van der Waals surface area contributed by atoms with Crippen molar-refractivity contribution in [2.75, 3.05) is 59.8 Å². The van der Waals surface area contributed by atoms with E-state index in [0.717, 1.165) is 12.8 Å². The molecule has 4 unspecified atom stereocenters. The summed E-state index contributed by atoms with van der Waals surface area (Å²) in [5.74, 6) is -1.02. The predicted molar refractivity (Wildman–Crippen MR) is 145 cm³/mol. The summed E-state index contributed by atoms with van der Waals surface area (Å²) in [5, 5.41) is 5.29. The van der Waals surface area contributed by atoms with Crippen molar-refractivity contribution < 1.29 is 42.8 Å². The first-order chi connectivity index (χ1) is 19.1. The van der Waals surface area contributed by atoms with E-state index < -0.39 is 5.91 Å². The molecule has 3 aliphatic rings. The molecule has 1 saturated carbocycles. The van der Waals surface area contributed by atoms with Crippen LogP contribution in [-0.2, 0) is 42.8 Å². The van der Waals surface area contributed by atoms with E-state index in [9.17, 15) is 14.4 Å². The van der Waals surface area contributed by atoms with Crippen LogP contribution in [0.4, 0.5) is 0 Å². The van der Waals surface area contributed by atoms with Gasteiger partial charge in [0.15, 0.2) is 0 Å². The predicted octanol–water partition coefficient (Wildman–Crippen LogP) is 0.611. The number of primary amides is 1. The van der Waals surface area contributed by atoms with Crippen molar-refractivity contribution in [1.82, 2.24) is 10.6 Å². The third-order valence-corrected chi connectivity index (χ3v) is 7.71. The van der Waals surface area contributed by atoms with E-state index in [1.807, 2.05) is 0 Å². The number of ether oxygens (including phenoxy) is 6. The van der Waals surface area contributed by atoms with Crippen LogP contribution in [0.15, 0.2) is 11.6 Å². The van der Waals surface area contributed by atoms with Gasteiger partial charge >= 0.3 is 5.97 Å². The molecule has 1 spiro atoms. The molecule has 40 heavy (non-hydrogen) atoms. The second-order valence-electron chi connectivity index (χ2n) is 11.2. The van der Waals surface area contributed by atoms with Gasteiger partial charge in [0.1, 0.15) is 23.4 Å². The van der Waals surface area contributed by atoms with Crippen molar-refractivity contribution in [1.29, 1.82) is 0 Å². The van der Waals surface area contributed by atoms with E-state index in [1.54, 1.807) is 7.11 Å². The van der Waals surface area contributed by atoms with Crippen molar-refractivity contribution in [3.8, 4) is 0 Å². The summed E-state index contributed by atoms with van der Waals surface area (Å²) >= 11 is 0. The minimum atomic E-state index is -0.519. The number of amides is 2. The van der Waals surface area contributed by atoms with Crippen LogP contribution in [0, 0.1) is 5.92 Å². The molecule has 2 saturated heterocycles. The Bertz CT molecular complexity index is 890. The average Bonchev–Trinajstić information content (AvgIpc) is 3.81. The fourth-order valence-electron chi connectivity index (χ4n) is 5.56. The monoisotopic (exact) mass is 569 g/mol. The van der Waals surface area contributed by atoms with Crippen LogP contribution in [0.5, 0.6) is 0 Å². The lowest BCUT2D eigenvalue weighted by Crippen LogP contribution is -2.55. The number of allylic oxidation sites excluding steroid dienone is 1. The average molecular weight is 570 g/mol. The first-order valence-electron chi connectivity index (χ1n) is 14.2. The molecule has 0 bridgehead atoms. The van der Waals surface area contributed by atoms with Gasteiger partial charge in [-0.25, -0.2) is 0 Å². The normalized spacial score (nSPS) is 30.5. The van der Waals surface area contributed by atoms with Crippen molar-refractivity contribution in [3.05, 3.63) is 11.6 Å². The summed E-state index contributed by atoms with van der Waals surface area (Å²) in [5.41, 5.74) is 5.64. The first-order valence-corrected chi connectivity index (χ1v) is 14.2. The molecule has 2 aliphatic heterocycles. The molecule has 3 rings (SSSR count). The Morgan fingerprint density at radius 2 is 1.82 bits per heavy atom. The highest BCUT2D eigenvalue weighted by Crippen LogP contribution is 2.59. The fraction of sp³-hybridized carbons (Fsp3) is 0.821. The molecule has 1 aliphatic carbocycles. The zero-order valence-corrected chi connectivity index (χ0v) is 24.3. The van der Waals surface area contributed by atoms with Crippen LogP contribution >= 0.6 is 0 Å². The highest BCUT2D eigenvalue weighted by atomic mass is 16.6. The number of nitrogens with two attached hydrogens (primary N) is 1. The number of methoxy groups -OCH3 is 1. The van der Waals surface area contributed by atoms with Crippen molar-refractivity contribution >= 4 is 17.8 Å². The quantitative estimate of drug-likeness (QED) is 0.0869. The lowest BCUT2D eigenvalue weighted by molar-refractivity contribution is -0.172. The maximum Gasteiger partial charge on any atom is 0.306 e. The van der Waals surface area contributed by atoms with Gasteiger partial charge in [0, 0.05) is 26.7 Å². The molecule has 0 aromatic carbocycles. The van der Waals surface area contributed by atoms with E-state index in [0.29, 0.717) is 52.4 Å². The van der Waals surface area contributed by atoms with E-state index in [1.165, 1.54) is 5.57 Å². The van der Waals surface area contributed by atoms with Gasteiger partial charge in [-0.15, -0.1) is 0 Å². The summed E-state index contributed by atoms with van der Waals surface area (Å²) in [6, 6.07) is 0. The third-order valence-electron chi connectivity index (χ3n) is 7.71. The Morgan fingerprint density at radius 1 is 1.10 bits per heavy atom. The minimum Gasteiger partial charge on any atom is -0.460 e. The summed E-state index contributed by atoms with van der Waals surface area (Å²) in [7, 11) is 1.67. The van der Waals surface area contributed by atoms with Gasteiger partial charge in [0.25, 0.3) is 0 Å². The zero-order valence-electron chi connectivity index (χ0n) is 24.3. The standard InChI is InChI=1S/C28H47N3O9/c1-19(2)7-8-21-27(3,40-21)26-25(35-4)20(9-10-28(26)18-38-28)39-24(34)6-5-12-36-14-15-37-13-11-31-23(33)17-30-16-22(29)32/h7,20-21,25-26,30H,5-6,8-18H2,1-4H3,(H2,29,32)(H,31,33)/t20?,21-,25?,26?,27?,28+/m1/s1. The Hall–Kier alpha value is -2.09. The topological polar surface area (TPSA) is 163 Å². The lowest BCUT2D eigenvalue weighted by atomic mass is 9.68. The minimum absolute atomic E-state index is 0.00210. The Morgan fingerprint density at radius 3 is 2.48 bits per heavy atom. The third kappa shape index (κ3) is 9.49. The van der Waals surface area contributed by atoms with Gasteiger partial charge in [-0.3, -0.25) is 19.7 Å². The maximum atomic E-state index is 12.6. The lowest BCUT2D eigenvalue weighted by Gasteiger charge is -2.42. The number of carbonyl (C=O) groups excluding carboxylic acids is 3. The molecule has 12 nitrogen and oxygen atoms in total. The summed E-state index contributed by atoms with van der Waals surface area (Å²) in [4.78, 5) is 34.8.